The molecule has 19 N–H and O–H groups in total. The smallest absolute Gasteiger partial charge is 0.326 e. The number of rotatable bonds is 32. The van der Waals surface area contributed by atoms with Crippen molar-refractivity contribution in [2.75, 3.05) is 26.3 Å². The van der Waals surface area contributed by atoms with Crippen molar-refractivity contribution < 1.29 is 83.4 Å². The Morgan fingerprint density at radius 2 is 1.06 bits per heavy atom. The predicted octanol–water partition coefficient (Wildman–Crippen LogP) is -4.81. The molecule has 3 rings (SSSR count). The number of carbonyl (C=O) groups is 11. The Labute approximate surface area is 442 Å². The summed E-state index contributed by atoms with van der Waals surface area (Å²) in [4.78, 5) is 147. The summed E-state index contributed by atoms with van der Waals surface area (Å²) in [7, 11) is 0. The van der Waals surface area contributed by atoms with E-state index in [1.807, 2.05) is 0 Å². The number of nitrogens with zero attached hydrogens (tertiary/aromatic N) is 1. The van der Waals surface area contributed by atoms with Gasteiger partial charge in [-0.2, -0.15) is 0 Å². The van der Waals surface area contributed by atoms with Crippen LogP contribution in [0.25, 0.3) is 0 Å². The number of carbonyl (C=O) groups excluding carboxylic acids is 9. The molecule has 28 nitrogen and oxygen atoms in total. The minimum atomic E-state index is -1.90. The number of carboxylic acids is 2. The van der Waals surface area contributed by atoms with Crippen LogP contribution in [0.2, 0.25) is 0 Å². The molecule has 0 unspecified atom stereocenters. The fourth-order valence-corrected chi connectivity index (χ4v) is 8.08. The van der Waals surface area contributed by atoms with Crippen LogP contribution in [0, 0.1) is 5.92 Å². The largest absolute Gasteiger partial charge is 0.508 e. The molecule has 1 fully saturated rings. The number of nitrogens with two attached hydrogens (primary N) is 3. The molecule has 0 radical (unpaired) electrons. The summed E-state index contributed by atoms with van der Waals surface area (Å²) in [5.41, 5.74) is 17.4. The number of carboxylic acid groups (broad SMARTS) is 2. The average molecular weight is 1090 g/mol. The molecule has 2 aromatic rings. The molecule has 1 aliphatic rings. The van der Waals surface area contributed by atoms with Gasteiger partial charge in [0.1, 0.15) is 65.9 Å². The number of phenols is 2. The zero-order valence-electron chi connectivity index (χ0n) is 42.6. The lowest BCUT2D eigenvalue weighted by Gasteiger charge is -2.31. The summed E-state index contributed by atoms with van der Waals surface area (Å²) in [5.74, 6) is -12.7. The summed E-state index contributed by atoms with van der Waals surface area (Å²) in [6.07, 6.45) is -1.54. The highest BCUT2D eigenvalue weighted by molar-refractivity contribution is 5.99. The normalized spacial score (nSPS) is 16.2. The van der Waals surface area contributed by atoms with E-state index in [1.165, 1.54) is 53.4 Å². The van der Waals surface area contributed by atoms with Crippen molar-refractivity contribution >= 4 is 65.1 Å². The van der Waals surface area contributed by atoms with E-state index >= 15 is 0 Å². The van der Waals surface area contributed by atoms with Gasteiger partial charge in [-0.3, -0.25) is 47.9 Å². The second-order valence-corrected chi connectivity index (χ2v) is 18.9. The molecule has 0 aromatic heterocycles. The zero-order chi connectivity index (χ0) is 57.5. The number of benzene rings is 2. The van der Waals surface area contributed by atoms with Crippen LogP contribution >= 0.6 is 0 Å². The molecule has 9 atom stereocenters. The summed E-state index contributed by atoms with van der Waals surface area (Å²) in [5, 5.41) is 74.9. The van der Waals surface area contributed by atoms with Crippen LogP contribution in [0.1, 0.15) is 76.3 Å². The van der Waals surface area contributed by atoms with E-state index in [1.54, 1.807) is 13.8 Å². The molecule has 77 heavy (non-hydrogen) atoms. The van der Waals surface area contributed by atoms with Gasteiger partial charge in [0.2, 0.25) is 53.2 Å². The zero-order valence-corrected chi connectivity index (χ0v) is 42.6. The quantitative estimate of drug-likeness (QED) is 0.0306. The monoisotopic (exact) mass is 1090 g/mol. The highest BCUT2D eigenvalue weighted by Gasteiger charge is 2.41. The number of primary amides is 1. The number of amides is 9. The summed E-state index contributed by atoms with van der Waals surface area (Å²) >= 11 is 0. The lowest BCUT2D eigenvalue weighted by atomic mass is 10.0. The molecule has 1 saturated heterocycles. The van der Waals surface area contributed by atoms with Crippen LogP contribution in [0.3, 0.4) is 0 Å². The highest BCUT2D eigenvalue weighted by Crippen LogP contribution is 2.22. The molecule has 1 aliphatic heterocycles. The van der Waals surface area contributed by atoms with Crippen LogP contribution in [0.4, 0.5) is 0 Å². The van der Waals surface area contributed by atoms with Crippen LogP contribution in [0.5, 0.6) is 11.5 Å². The van der Waals surface area contributed by atoms with Crippen molar-refractivity contribution in [1.82, 2.24) is 42.1 Å². The van der Waals surface area contributed by atoms with E-state index in [0.29, 0.717) is 17.5 Å². The van der Waals surface area contributed by atoms with E-state index < -0.39 is 146 Å². The Morgan fingerprint density at radius 3 is 1.56 bits per heavy atom. The number of nitrogens with one attached hydrogen (secondary N) is 7. The first kappa shape index (κ1) is 63.3. The van der Waals surface area contributed by atoms with Crippen molar-refractivity contribution in [3.05, 3.63) is 59.7 Å². The van der Waals surface area contributed by atoms with Gasteiger partial charge >= 0.3 is 11.9 Å². The molecule has 28 heteroatoms. The van der Waals surface area contributed by atoms with Crippen LogP contribution in [-0.2, 0) is 65.6 Å². The Hall–Kier alpha value is -7.95. The van der Waals surface area contributed by atoms with E-state index in [4.69, 9.17) is 17.2 Å². The first-order valence-electron chi connectivity index (χ1n) is 24.8. The van der Waals surface area contributed by atoms with Gasteiger partial charge in [0.15, 0.2) is 0 Å². The fraction of sp³-hybridized carbons (Fsp3) is 0.531. The summed E-state index contributed by atoms with van der Waals surface area (Å²) < 4.78 is 0. The minimum absolute atomic E-state index is 0.0175. The SMILES string of the molecule is CC(C)C[C@H](NC(=O)[C@H](CC(=O)O)NC(=O)[C@H](Cc1ccc(O)cc1)NC(=O)[C@H](CO)NC(=O)[C@@H](N)CO)C(=O)N1CCC[C@H]1C(=O)N[C@@H](CCCCN)C(=O)N[C@@H](CC(N)=O)C(=O)N[C@@H](Cc1ccc(O)cc1)C(=O)O. The van der Waals surface area contributed by atoms with Crippen molar-refractivity contribution in [1.29, 1.82) is 0 Å². The maximum Gasteiger partial charge on any atom is 0.326 e. The van der Waals surface area contributed by atoms with E-state index in [2.05, 4.69) is 37.2 Å². The van der Waals surface area contributed by atoms with Gasteiger partial charge in [0.25, 0.3) is 0 Å². The van der Waals surface area contributed by atoms with Gasteiger partial charge in [-0.15, -0.1) is 0 Å². The number of likely N-dealkylation sites (tertiary alicyclic amines) is 1. The molecule has 2 aromatic carbocycles. The first-order chi connectivity index (χ1) is 36.4. The number of phenolic OH excluding ortho intramolecular Hbond substituents is 2. The topological polar surface area (TPSA) is 475 Å². The molecular formula is C49H71N11O17. The van der Waals surface area contributed by atoms with Gasteiger partial charge in [-0.25, -0.2) is 4.79 Å². The Morgan fingerprint density at radius 1 is 0.597 bits per heavy atom. The van der Waals surface area contributed by atoms with E-state index in [0.717, 1.165) is 0 Å². The van der Waals surface area contributed by atoms with E-state index in [9.17, 15) is 83.4 Å². The summed E-state index contributed by atoms with van der Waals surface area (Å²) in [6.45, 7) is 1.80. The molecule has 0 bridgehead atoms. The second-order valence-electron chi connectivity index (χ2n) is 18.9. The van der Waals surface area contributed by atoms with Crippen LogP contribution < -0.4 is 54.4 Å². The van der Waals surface area contributed by atoms with Crippen molar-refractivity contribution in [2.45, 2.75) is 132 Å². The van der Waals surface area contributed by atoms with Gasteiger partial charge in [0.05, 0.1) is 26.1 Å². The van der Waals surface area contributed by atoms with Crippen molar-refractivity contribution in [2.24, 2.45) is 23.1 Å². The average Bonchev–Trinajstić information content (AvgIpc) is 3.87. The van der Waals surface area contributed by atoms with Gasteiger partial charge in [0, 0.05) is 19.4 Å². The Kier molecular flexibility index (Phi) is 25.7. The molecule has 1 heterocycles. The molecule has 424 valence electrons. The maximum atomic E-state index is 14.5. The van der Waals surface area contributed by atoms with E-state index in [-0.39, 0.29) is 75.5 Å². The number of aliphatic hydroxyl groups is 2. The number of hydrogen-bond acceptors (Lipinski definition) is 17. The maximum absolute atomic E-state index is 14.5. The van der Waals surface area contributed by atoms with Crippen LogP contribution in [0.15, 0.2) is 48.5 Å². The molecule has 0 aliphatic carbocycles. The Bertz CT molecular complexity index is 2390. The standard InChI is InChI=1S/C49H71N11O17/c1-25(2)18-35(57-45(72)34(22-40(66)67)56-43(70)32(19-26-8-12-28(63)13-9-26)54-46(73)37(24-62)59-41(68)30(51)23-61)48(75)60-17-5-7-38(60)47(74)53-31(6-3-4-16-50)42(69)55-33(21-39(52)65)44(71)58-36(49(76)77)20-27-10-14-29(64)15-11-27/h8-15,25,30-38,61-64H,3-7,16-24,50-51H2,1-2H3,(H2,52,65)(H,53,74)(H,54,73)(H,55,69)(H,56,70)(H,57,72)(H,58,71)(H,59,68)(H,66,67)(H,76,77)/t30-,31-,32-,33-,34-,35-,36-,37-,38-/m0/s1. The third-order valence-electron chi connectivity index (χ3n) is 12.1. The number of hydrogen-bond donors (Lipinski definition) is 16. The third kappa shape index (κ3) is 20.9. The Balaban J connectivity index is 1.86. The number of aliphatic hydroxyl groups excluding tert-OH is 2. The molecule has 0 saturated carbocycles. The fourth-order valence-electron chi connectivity index (χ4n) is 8.08. The predicted molar refractivity (Wildman–Crippen MR) is 270 cm³/mol. The lowest BCUT2D eigenvalue weighted by Crippen LogP contribution is -2.61. The van der Waals surface area contributed by atoms with Crippen molar-refractivity contribution in [3.63, 3.8) is 0 Å². The van der Waals surface area contributed by atoms with Gasteiger partial charge < -0.3 is 90.0 Å². The number of unbranched alkanes of at least 4 members (excludes halogenated alkanes) is 1. The highest BCUT2D eigenvalue weighted by atomic mass is 16.4. The molecule has 9 amide bonds. The number of aliphatic carboxylic acids is 2. The van der Waals surface area contributed by atoms with Crippen molar-refractivity contribution in [3.8, 4) is 11.5 Å². The van der Waals surface area contributed by atoms with Crippen LogP contribution in [-0.4, -0.2) is 181 Å². The van der Waals surface area contributed by atoms with Gasteiger partial charge in [-0.1, -0.05) is 38.1 Å². The minimum Gasteiger partial charge on any atom is -0.508 e. The second kappa shape index (κ2) is 31.2. The molecular weight excluding hydrogens is 1010 g/mol. The first-order valence-corrected chi connectivity index (χ1v) is 24.8. The summed E-state index contributed by atoms with van der Waals surface area (Å²) in [6, 6.07) is -3.24. The lowest BCUT2D eigenvalue weighted by molar-refractivity contribution is -0.144. The third-order valence-corrected chi connectivity index (χ3v) is 12.1. The molecule has 0 spiro atoms. The van der Waals surface area contributed by atoms with Gasteiger partial charge in [-0.05, 0) is 86.4 Å². The number of aromatic hydroxyl groups is 2.